The second-order valence-electron chi connectivity index (χ2n) is 4.82. The molecule has 0 aromatic heterocycles. The summed E-state index contributed by atoms with van der Waals surface area (Å²) in [5.74, 6) is -1.32. The molecule has 0 aromatic carbocycles. The molecule has 0 bridgehead atoms. The molecule has 0 rings (SSSR count). The molecule has 26 heavy (non-hydrogen) atoms. The fourth-order valence-electron chi connectivity index (χ4n) is 1.57. The standard InChI is InChI=1S/C10H20N2S4.C5H9NO3S/c1-5-11(6-2)9(13)15-16-10(14)12(7-3)8-4;1-3(7)6-4(2-10)5(8)9/h5-8H2,1-4H3;4,10H,2H2,1H3,(H,6,7)(H,8,9)/t;4-/m.0/s1. The fraction of sp³-hybridized carbons (Fsp3) is 0.733. The number of carboxylic acids is 1. The van der Waals surface area contributed by atoms with Crippen molar-refractivity contribution < 1.29 is 14.7 Å². The molecule has 0 aromatic rings. The molecule has 11 heteroatoms. The Morgan fingerprint density at radius 3 is 1.50 bits per heavy atom. The van der Waals surface area contributed by atoms with Gasteiger partial charge < -0.3 is 20.2 Å². The number of thiocarbonyl (C=S) groups is 2. The Morgan fingerprint density at radius 2 is 1.35 bits per heavy atom. The van der Waals surface area contributed by atoms with Crippen molar-refractivity contribution in [2.45, 2.75) is 40.7 Å². The van der Waals surface area contributed by atoms with Crippen molar-refractivity contribution in [2.75, 3.05) is 31.9 Å². The van der Waals surface area contributed by atoms with E-state index in [0.717, 1.165) is 34.8 Å². The molecule has 0 heterocycles. The average molecular weight is 460 g/mol. The number of aliphatic carboxylic acids is 1. The Labute approximate surface area is 181 Å². The zero-order valence-corrected chi connectivity index (χ0v) is 20.0. The third-order valence-electron chi connectivity index (χ3n) is 3.09. The second kappa shape index (κ2) is 16.9. The number of hydrogen-bond acceptors (Lipinski definition) is 7. The number of thiol groups is 1. The minimum atomic E-state index is -1.06. The highest BCUT2D eigenvalue weighted by Crippen LogP contribution is 2.28. The fourth-order valence-corrected chi connectivity index (χ4v) is 4.88. The van der Waals surface area contributed by atoms with E-state index >= 15 is 0 Å². The van der Waals surface area contributed by atoms with Gasteiger partial charge >= 0.3 is 5.97 Å². The van der Waals surface area contributed by atoms with E-state index in [1.165, 1.54) is 6.92 Å². The number of nitrogens with zero attached hydrogens (tertiary/aromatic N) is 2. The van der Waals surface area contributed by atoms with E-state index in [9.17, 15) is 9.59 Å². The van der Waals surface area contributed by atoms with E-state index in [2.05, 4.69) is 55.4 Å². The SMILES string of the molecule is CC(=O)N[C@@H](CS)C(=O)O.CCN(CC)C(=S)SSC(=S)N(CC)CC. The summed E-state index contributed by atoms with van der Waals surface area (Å²) in [6.07, 6.45) is 0. The molecule has 1 amide bonds. The molecule has 1 atom stereocenters. The van der Waals surface area contributed by atoms with Crippen molar-refractivity contribution in [3.63, 3.8) is 0 Å². The van der Waals surface area contributed by atoms with Gasteiger partial charge in [0.1, 0.15) is 14.7 Å². The van der Waals surface area contributed by atoms with Crippen molar-refractivity contribution in [1.29, 1.82) is 0 Å². The summed E-state index contributed by atoms with van der Waals surface area (Å²) in [7, 11) is 3.18. The number of carbonyl (C=O) groups is 2. The van der Waals surface area contributed by atoms with Gasteiger partial charge in [0.15, 0.2) is 0 Å². The molecule has 6 nitrogen and oxygen atoms in total. The van der Waals surface area contributed by atoms with Crippen LogP contribution < -0.4 is 5.32 Å². The van der Waals surface area contributed by atoms with Crippen LogP contribution in [0.3, 0.4) is 0 Å². The first kappa shape index (κ1) is 28.0. The van der Waals surface area contributed by atoms with E-state index in [1.807, 2.05) is 0 Å². The van der Waals surface area contributed by atoms with Crippen molar-refractivity contribution >= 4 is 79.2 Å². The van der Waals surface area contributed by atoms with Crippen molar-refractivity contribution in [2.24, 2.45) is 0 Å². The predicted molar refractivity (Wildman–Crippen MR) is 125 cm³/mol. The Kier molecular flexibility index (Phi) is 18.2. The topological polar surface area (TPSA) is 72.9 Å². The van der Waals surface area contributed by atoms with Crippen LogP contribution in [-0.4, -0.2) is 73.4 Å². The lowest BCUT2D eigenvalue weighted by Crippen LogP contribution is -2.40. The highest BCUT2D eigenvalue weighted by atomic mass is 33.1. The van der Waals surface area contributed by atoms with E-state index in [4.69, 9.17) is 29.5 Å². The Bertz CT molecular complexity index is 434. The molecule has 0 fully saturated rings. The number of hydrogen-bond donors (Lipinski definition) is 3. The molecule has 0 aliphatic carbocycles. The second-order valence-corrected chi connectivity index (χ2v) is 8.58. The maximum Gasteiger partial charge on any atom is 0.327 e. The quantitative estimate of drug-likeness (QED) is 0.302. The number of nitrogens with one attached hydrogen (secondary N) is 1. The minimum absolute atomic E-state index is 0.106. The van der Waals surface area contributed by atoms with E-state index in [-0.39, 0.29) is 11.7 Å². The molecule has 152 valence electrons. The maximum absolute atomic E-state index is 10.3. The molecular weight excluding hydrogens is 431 g/mol. The number of carboxylic acid groups (broad SMARTS) is 1. The summed E-state index contributed by atoms with van der Waals surface area (Å²) >= 11 is 14.4. The summed E-state index contributed by atoms with van der Waals surface area (Å²) in [4.78, 5) is 24.8. The normalized spacial score (nSPS) is 10.8. The summed E-state index contributed by atoms with van der Waals surface area (Å²) in [6, 6.07) is -0.874. The van der Waals surface area contributed by atoms with Gasteiger partial charge in [0, 0.05) is 38.9 Å². The van der Waals surface area contributed by atoms with Crippen LogP contribution in [0.15, 0.2) is 0 Å². The lowest BCUT2D eigenvalue weighted by Gasteiger charge is -2.23. The van der Waals surface area contributed by atoms with Crippen LogP contribution in [0, 0.1) is 0 Å². The molecule has 0 spiro atoms. The van der Waals surface area contributed by atoms with Gasteiger partial charge in [-0.25, -0.2) is 4.79 Å². The van der Waals surface area contributed by atoms with Gasteiger partial charge in [0.05, 0.1) is 0 Å². The van der Waals surface area contributed by atoms with Crippen LogP contribution in [-0.2, 0) is 9.59 Å². The number of rotatable bonds is 7. The zero-order chi connectivity index (χ0) is 20.7. The van der Waals surface area contributed by atoms with Gasteiger partial charge in [-0.05, 0) is 49.3 Å². The van der Waals surface area contributed by atoms with Crippen molar-refractivity contribution in [1.82, 2.24) is 15.1 Å². The Balaban J connectivity index is 0. The summed E-state index contributed by atoms with van der Waals surface area (Å²) in [5, 5.41) is 10.6. The first-order valence-electron chi connectivity index (χ1n) is 8.21. The van der Waals surface area contributed by atoms with E-state index in [1.54, 1.807) is 21.6 Å². The van der Waals surface area contributed by atoms with Crippen molar-refractivity contribution in [3.05, 3.63) is 0 Å². The van der Waals surface area contributed by atoms with Gasteiger partial charge in [-0.15, -0.1) is 0 Å². The van der Waals surface area contributed by atoms with E-state index < -0.39 is 12.0 Å². The summed E-state index contributed by atoms with van der Waals surface area (Å²) in [5.41, 5.74) is 0. The Hall–Kier alpha value is -0.230. The maximum atomic E-state index is 10.3. The van der Waals surface area contributed by atoms with Crippen molar-refractivity contribution in [3.8, 4) is 0 Å². The average Bonchev–Trinajstić information content (AvgIpc) is 2.60. The van der Waals surface area contributed by atoms with Crippen LogP contribution in [0.5, 0.6) is 0 Å². The highest BCUT2D eigenvalue weighted by Gasteiger charge is 2.15. The minimum Gasteiger partial charge on any atom is -0.480 e. The number of carbonyl (C=O) groups excluding carboxylic acids is 1. The molecule has 2 N–H and O–H groups in total. The third kappa shape index (κ3) is 13.0. The first-order chi connectivity index (χ1) is 12.2. The van der Waals surface area contributed by atoms with Gasteiger partial charge in [-0.3, -0.25) is 4.79 Å². The monoisotopic (exact) mass is 459 g/mol. The molecule has 0 saturated carbocycles. The van der Waals surface area contributed by atoms with Gasteiger partial charge in [-0.2, -0.15) is 12.6 Å². The molecule has 0 aliphatic rings. The molecule has 0 unspecified atom stereocenters. The summed E-state index contributed by atoms with van der Waals surface area (Å²) in [6.45, 7) is 13.6. The van der Waals surface area contributed by atoms with E-state index in [0.29, 0.717) is 0 Å². The lowest BCUT2D eigenvalue weighted by atomic mass is 10.3. The largest absolute Gasteiger partial charge is 0.480 e. The van der Waals surface area contributed by atoms with Crippen LogP contribution in [0.2, 0.25) is 0 Å². The summed E-state index contributed by atoms with van der Waals surface area (Å²) < 4.78 is 1.84. The van der Waals surface area contributed by atoms with Crippen LogP contribution in [0.4, 0.5) is 0 Å². The van der Waals surface area contributed by atoms with Gasteiger partial charge in [0.25, 0.3) is 0 Å². The van der Waals surface area contributed by atoms with Crippen LogP contribution >= 0.6 is 58.7 Å². The third-order valence-corrected chi connectivity index (χ3v) is 7.18. The smallest absolute Gasteiger partial charge is 0.327 e. The first-order valence-corrected chi connectivity index (χ1v) is 11.8. The number of amides is 1. The van der Waals surface area contributed by atoms with Gasteiger partial charge in [-0.1, -0.05) is 24.4 Å². The molecular formula is C15H29N3O3S5. The highest BCUT2D eigenvalue weighted by molar-refractivity contribution is 8.89. The Morgan fingerprint density at radius 1 is 1.00 bits per heavy atom. The predicted octanol–water partition coefficient (Wildman–Crippen LogP) is 3.13. The van der Waals surface area contributed by atoms with Crippen LogP contribution in [0.25, 0.3) is 0 Å². The lowest BCUT2D eigenvalue weighted by molar-refractivity contribution is -0.140. The zero-order valence-electron chi connectivity index (χ0n) is 15.9. The molecule has 0 aliphatic heterocycles. The van der Waals surface area contributed by atoms with Gasteiger partial charge in [0.2, 0.25) is 5.91 Å². The van der Waals surface area contributed by atoms with Crippen LogP contribution in [0.1, 0.15) is 34.6 Å². The molecule has 0 radical (unpaired) electrons. The molecule has 0 saturated heterocycles.